The van der Waals surface area contributed by atoms with Crippen molar-refractivity contribution < 1.29 is 4.74 Å². The summed E-state index contributed by atoms with van der Waals surface area (Å²) in [6.45, 7) is 3.91. The Morgan fingerprint density at radius 3 is 2.81 bits per heavy atom. The van der Waals surface area contributed by atoms with Crippen molar-refractivity contribution in [3.63, 3.8) is 0 Å². The first kappa shape index (κ1) is 16.5. The van der Waals surface area contributed by atoms with Crippen LogP contribution in [-0.4, -0.2) is 53.0 Å². The van der Waals surface area contributed by atoms with E-state index >= 15 is 0 Å². The third kappa shape index (κ3) is 3.52. The van der Waals surface area contributed by atoms with Crippen LogP contribution in [0.3, 0.4) is 0 Å². The van der Waals surface area contributed by atoms with E-state index in [4.69, 9.17) is 9.72 Å². The molecule has 0 spiro atoms. The van der Waals surface area contributed by atoms with Gasteiger partial charge in [-0.25, -0.2) is 14.6 Å². The molecule has 0 amide bonds. The standard InChI is InChI=1S/C19H22N6O/c1-26-17-5-3-16(4-6-17)25-14-15(13-22-25)18-7-9-21-19(23-18)24-11-2-8-20-10-12-24/h3-7,9,13-14,20H,2,8,10-12H2,1H3. The number of rotatable bonds is 4. The molecule has 3 heterocycles. The first-order valence-corrected chi connectivity index (χ1v) is 8.82. The van der Waals surface area contributed by atoms with Gasteiger partial charge in [-0.05, 0) is 43.3 Å². The van der Waals surface area contributed by atoms with Crippen LogP contribution in [0.4, 0.5) is 5.95 Å². The Labute approximate surface area is 152 Å². The third-order valence-electron chi connectivity index (χ3n) is 4.48. The molecule has 1 aliphatic heterocycles. The summed E-state index contributed by atoms with van der Waals surface area (Å²) in [5, 5.41) is 7.87. The lowest BCUT2D eigenvalue weighted by Gasteiger charge is -2.19. The summed E-state index contributed by atoms with van der Waals surface area (Å²) in [5.74, 6) is 1.61. The van der Waals surface area contributed by atoms with Crippen molar-refractivity contribution in [2.75, 3.05) is 38.2 Å². The molecule has 0 saturated carbocycles. The van der Waals surface area contributed by atoms with Crippen molar-refractivity contribution in [2.24, 2.45) is 0 Å². The second-order valence-corrected chi connectivity index (χ2v) is 6.20. The normalized spacial score (nSPS) is 14.9. The number of hydrogen-bond donors (Lipinski definition) is 1. The SMILES string of the molecule is COc1ccc(-n2cc(-c3ccnc(N4CCCNCC4)n3)cn2)cc1. The minimum atomic E-state index is 0.781. The zero-order valence-electron chi connectivity index (χ0n) is 14.8. The van der Waals surface area contributed by atoms with E-state index < -0.39 is 0 Å². The van der Waals surface area contributed by atoms with E-state index in [1.54, 1.807) is 7.11 Å². The van der Waals surface area contributed by atoms with Crippen molar-refractivity contribution in [2.45, 2.75) is 6.42 Å². The summed E-state index contributed by atoms with van der Waals surface area (Å²) in [6.07, 6.45) is 6.74. The van der Waals surface area contributed by atoms with Gasteiger partial charge < -0.3 is 15.0 Å². The van der Waals surface area contributed by atoms with E-state index in [1.165, 1.54) is 0 Å². The second kappa shape index (κ2) is 7.53. The maximum Gasteiger partial charge on any atom is 0.225 e. The number of anilines is 1. The number of benzene rings is 1. The van der Waals surface area contributed by atoms with E-state index in [1.807, 2.05) is 53.6 Å². The Morgan fingerprint density at radius 2 is 1.96 bits per heavy atom. The van der Waals surface area contributed by atoms with Crippen LogP contribution < -0.4 is 15.0 Å². The molecule has 1 N–H and O–H groups in total. The molecule has 1 saturated heterocycles. The minimum absolute atomic E-state index is 0.781. The highest BCUT2D eigenvalue weighted by atomic mass is 16.5. The molecular weight excluding hydrogens is 328 g/mol. The smallest absolute Gasteiger partial charge is 0.225 e. The molecule has 1 aliphatic rings. The third-order valence-corrected chi connectivity index (χ3v) is 4.48. The van der Waals surface area contributed by atoms with E-state index in [0.717, 1.165) is 61.2 Å². The molecule has 4 rings (SSSR count). The van der Waals surface area contributed by atoms with Crippen LogP contribution in [0.1, 0.15) is 6.42 Å². The van der Waals surface area contributed by atoms with Gasteiger partial charge >= 0.3 is 0 Å². The Morgan fingerprint density at radius 1 is 1.08 bits per heavy atom. The van der Waals surface area contributed by atoms with Crippen molar-refractivity contribution in [1.29, 1.82) is 0 Å². The van der Waals surface area contributed by atoms with Gasteiger partial charge in [0.15, 0.2) is 0 Å². The van der Waals surface area contributed by atoms with Gasteiger partial charge in [-0.3, -0.25) is 0 Å². The molecule has 3 aromatic rings. The maximum atomic E-state index is 5.20. The lowest BCUT2D eigenvalue weighted by atomic mass is 10.2. The molecule has 7 heteroatoms. The number of nitrogens with zero attached hydrogens (tertiary/aromatic N) is 5. The molecule has 0 atom stereocenters. The maximum absolute atomic E-state index is 5.20. The Bertz CT molecular complexity index is 852. The first-order chi connectivity index (χ1) is 12.8. The lowest BCUT2D eigenvalue weighted by molar-refractivity contribution is 0.414. The average molecular weight is 350 g/mol. The molecule has 0 bridgehead atoms. The summed E-state index contributed by atoms with van der Waals surface area (Å²) < 4.78 is 7.04. The van der Waals surface area contributed by atoms with Crippen molar-refractivity contribution in [1.82, 2.24) is 25.1 Å². The Balaban J connectivity index is 1.57. The summed E-state index contributed by atoms with van der Waals surface area (Å²) in [7, 11) is 1.66. The van der Waals surface area contributed by atoms with Crippen molar-refractivity contribution in [3.8, 4) is 22.7 Å². The van der Waals surface area contributed by atoms with E-state index in [2.05, 4.69) is 20.3 Å². The van der Waals surface area contributed by atoms with Gasteiger partial charge in [-0.2, -0.15) is 5.10 Å². The number of ether oxygens (including phenoxy) is 1. The molecule has 26 heavy (non-hydrogen) atoms. The van der Waals surface area contributed by atoms with Gasteiger partial charge in [-0.15, -0.1) is 0 Å². The summed E-state index contributed by atoms with van der Waals surface area (Å²) in [5.41, 5.74) is 2.83. The Kier molecular flexibility index (Phi) is 4.79. The number of aromatic nitrogens is 4. The zero-order chi connectivity index (χ0) is 17.8. The van der Waals surface area contributed by atoms with Gasteiger partial charge in [0.25, 0.3) is 0 Å². The molecule has 0 aliphatic carbocycles. The predicted molar refractivity (Wildman–Crippen MR) is 101 cm³/mol. The molecule has 134 valence electrons. The fourth-order valence-corrected chi connectivity index (χ4v) is 3.04. The highest BCUT2D eigenvalue weighted by Crippen LogP contribution is 2.21. The van der Waals surface area contributed by atoms with Crippen LogP contribution in [0.2, 0.25) is 0 Å². The van der Waals surface area contributed by atoms with Crippen LogP contribution in [-0.2, 0) is 0 Å². The van der Waals surface area contributed by atoms with Crippen molar-refractivity contribution >= 4 is 5.95 Å². The van der Waals surface area contributed by atoms with E-state index in [0.29, 0.717) is 0 Å². The average Bonchev–Trinajstić information content (AvgIpc) is 3.04. The van der Waals surface area contributed by atoms with Crippen molar-refractivity contribution in [3.05, 3.63) is 48.9 Å². The van der Waals surface area contributed by atoms with Crippen LogP contribution >= 0.6 is 0 Å². The first-order valence-electron chi connectivity index (χ1n) is 8.82. The van der Waals surface area contributed by atoms with Crippen LogP contribution in [0.25, 0.3) is 16.9 Å². The van der Waals surface area contributed by atoms with E-state index in [9.17, 15) is 0 Å². The fraction of sp³-hybridized carbons (Fsp3) is 0.316. The second-order valence-electron chi connectivity index (χ2n) is 6.20. The number of methoxy groups -OCH3 is 1. The molecule has 0 radical (unpaired) electrons. The monoisotopic (exact) mass is 350 g/mol. The van der Waals surface area contributed by atoms with Gasteiger partial charge in [-0.1, -0.05) is 0 Å². The number of hydrogen-bond acceptors (Lipinski definition) is 6. The van der Waals surface area contributed by atoms with Gasteiger partial charge in [0, 0.05) is 37.6 Å². The van der Waals surface area contributed by atoms with Crippen LogP contribution in [0.15, 0.2) is 48.9 Å². The highest BCUT2D eigenvalue weighted by Gasteiger charge is 2.13. The molecule has 2 aromatic heterocycles. The van der Waals surface area contributed by atoms with Gasteiger partial charge in [0.1, 0.15) is 5.75 Å². The minimum Gasteiger partial charge on any atom is -0.497 e. The van der Waals surface area contributed by atoms with Gasteiger partial charge in [0.05, 0.1) is 24.7 Å². The van der Waals surface area contributed by atoms with E-state index in [-0.39, 0.29) is 0 Å². The zero-order valence-corrected chi connectivity index (χ0v) is 14.8. The highest BCUT2D eigenvalue weighted by molar-refractivity contribution is 5.59. The fourth-order valence-electron chi connectivity index (χ4n) is 3.04. The Hall–Kier alpha value is -2.93. The topological polar surface area (TPSA) is 68.1 Å². The summed E-state index contributed by atoms with van der Waals surface area (Å²) in [6, 6.07) is 9.73. The lowest BCUT2D eigenvalue weighted by Crippen LogP contribution is -2.29. The summed E-state index contributed by atoms with van der Waals surface area (Å²) in [4.78, 5) is 11.5. The molecule has 1 fully saturated rings. The number of nitrogens with one attached hydrogen (secondary N) is 1. The van der Waals surface area contributed by atoms with Crippen LogP contribution in [0, 0.1) is 0 Å². The van der Waals surface area contributed by atoms with Gasteiger partial charge in [0.2, 0.25) is 5.95 Å². The molecule has 7 nitrogen and oxygen atoms in total. The summed E-state index contributed by atoms with van der Waals surface area (Å²) >= 11 is 0. The quantitative estimate of drug-likeness (QED) is 0.778. The predicted octanol–water partition coefficient (Wildman–Crippen LogP) is 2.14. The molecular formula is C19H22N6O. The van der Waals surface area contributed by atoms with Crippen LogP contribution in [0.5, 0.6) is 5.75 Å². The molecule has 0 unspecified atom stereocenters. The molecule has 1 aromatic carbocycles. The largest absolute Gasteiger partial charge is 0.497 e.